The molecule has 1 saturated heterocycles. The van der Waals surface area contributed by atoms with Crippen LogP contribution in [0.1, 0.15) is 24.9 Å². The van der Waals surface area contributed by atoms with Crippen molar-refractivity contribution in [1.29, 1.82) is 0 Å². The van der Waals surface area contributed by atoms with Crippen molar-refractivity contribution < 1.29 is 17.6 Å². The van der Waals surface area contributed by atoms with Crippen LogP contribution in [0.5, 0.6) is 0 Å². The van der Waals surface area contributed by atoms with E-state index in [1.165, 1.54) is 18.4 Å². The number of amides is 1. The molecule has 0 aromatic heterocycles. The third kappa shape index (κ3) is 6.04. The Bertz CT molecular complexity index is 986. The first kappa shape index (κ1) is 23.2. The fourth-order valence-electron chi connectivity index (χ4n) is 3.74. The van der Waals surface area contributed by atoms with E-state index in [1.807, 2.05) is 31.0 Å². The predicted octanol–water partition coefficient (Wildman–Crippen LogP) is 2.96. The highest BCUT2D eigenvalue weighted by Gasteiger charge is 2.22. The van der Waals surface area contributed by atoms with E-state index in [2.05, 4.69) is 9.80 Å². The van der Waals surface area contributed by atoms with Crippen molar-refractivity contribution in [3.8, 4) is 0 Å². The van der Waals surface area contributed by atoms with Crippen molar-refractivity contribution in [2.75, 3.05) is 50.9 Å². The smallest absolute Gasteiger partial charge is 0.223 e. The number of benzene rings is 2. The molecule has 1 heterocycles. The van der Waals surface area contributed by atoms with Gasteiger partial charge in [-0.2, -0.15) is 0 Å². The molecule has 0 bridgehead atoms. The maximum Gasteiger partial charge on any atom is 0.223 e. The standard InChI is InChI=1S/C23H30FN3O3S/c1-18(19-4-10-22(11-5-19)31(3,29)30)25(2)13-12-23(28)27-16-14-26(15-17-27)21-8-6-20(24)7-9-21/h4-11,18H,12-17H2,1-3H3. The Hall–Kier alpha value is -2.45. The van der Waals surface area contributed by atoms with Crippen molar-refractivity contribution in [2.24, 2.45) is 0 Å². The molecule has 1 amide bonds. The summed E-state index contributed by atoms with van der Waals surface area (Å²) >= 11 is 0. The minimum absolute atomic E-state index is 0.0664. The van der Waals surface area contributed by atoms with E-state index in [-0.39, 0.29) is 17.8 Å². The van der Waals surface area contributed by atoms with E-state index in [9.17, 15) is 17.6 Å². The molecule has 0 aliphatic carbocycles. The summed E-state index contributed by atoms with van der Waals surface area (Å²) in [4.78, 5) is 19.1. The zero-order valence-corrected chi connectivity index (χ0v) is 19.1. The molecule has 6 nitrogen and oxygen atoms in total. The number of anilines is 1. The van der Waals surface area contributed by atoms with Crippen molar-refractivity contribution in [3.63, 3.8) is 0 Å². The van der Waals surface area contributed by atoms with Crippen molar-refractivity contribution in [2.45, 2.75) is 24.3 Å². The molecule has 0 saturated carbocycles. The predicted molar refractivity (Wildman–Crippen MR) is 120 cm³/mol. The Morgan fingerprint density at radius 1 is 1.03 bits per heavy atom. The first-order valence-electron chi connectivity index (χ1n) is 10.4. The van der Waals surface area contributed by atoms with Crippen LogP contribution >= 0.6 is 0 Å². The number of nitrogens with zero attached hydrogens (tertiary/aromatic N) is 3. The fraction of sp³-hybridized carbons (Fsp3) is 0.435. The van der Waals surface area contributed by atoms with E-state index in [4.69, 9.17) is 0 Å². The number of hydrogen-bond acceptors (Lipinski definition) is 5. The average Bonchev–Trinajstić information content (AvgIpc) is 2.77. The lowest BCUT2D eigenvalue weighted by atomic mass is 10.1. The third-order valence-corrected chi connectivity index (χ3v) is 7.08. The van der Waals surface area contributed by atoms with Gasteiger partial charge in [0.1, 0.15) is 5.82 Å². The SMILES string of the molecule is CC(c1ccc(S(C)(=O)=O)cc1)N(C)CCC(=O)N1CCN(c2ccc(F)cc2)CC1. The van der Waals surface area contributed by atoms with E-state index in [0.717, 1.165) is 24.3 Å². The summed E-state index contributed by atoms with van der Waals surface area (Å²) < 4.78 is 36.3. The molecule has 2 aromatic carbocycles. The summed E-state index contributed by atoms with van der Waals surface area (Å²) in [7, 11) is -1.24. The van der Waals surface area contributed by atoms with E-state index in [0.29, 0.717) is 31.0 Å². The fourth-order valence-corrected chi connectivity index (χ4v) is 4.37. The van der Waals surface area contributed by atoms with Crippen LogP contribution in [0.15, 0.2) is 53.4 Å². The molecule has 0 spiro atoms. The van der Waals surface area contributed by atoms with E-state index >= 15 is 0 Å². The molecule has 3 rings (SSSR count). The summed E-state index contributed by atoms with van der Waals surface area (Å²) in [6, 6.07) is 13.4. The maximum atomic E-state index is 13.1. The Kier molecular flexibility index (Phi) is 7.33. The van der Waals surface area contributed by atoms with Gasteiger partial charge in [-0.1, -0.05) is 12.1 Å². The van der Waals surface area contributed by atoms with Crippen LogP contribution in [0.2, 0.25) is 0 Å². The molecule has 8 heteroatoms. The lowest BCUT2D eigenvalue weighted by Crippen LogP contribution is -2.49. The van der Waals surface area contributed by atoms with Gasteiger partial charge in [-0.25, -0.2) is 12.8 Å². The Morgan fingerprint density at radius 2 is 1.61 bits per heavy atom. The van der Waals surface area contributed by atoms with Crippen LogP contribution in [0.3, 0.4) is 0 Å². The highest BCUT2D eigenvalue weighted by molar-refractivity contribution is 7.90. The molecule has 1 aliphatic rings. The normalized spacial score (nSPS) is 15.9. The molecule has 1 aliphatic heterocycles. The van der Waals surface area contributed by atoms with Crippen LogP contribution in [-0.4, -0.2) is 70.2 Å². The largest absolute Gasteiger partial charge is 0.368 e. The van der Waals surface area contributed by atoms with Crippen LogP contribution in [-0.2, 0) is 14.6 Å². The first-order valence-corrected chi connectivity index (χ1v) is 12.3. The molecular formula is C23H30FN3O3S. The maximum absolute atomic E-state index is 13.1. The molecule has 1 fully saturated rings. The lowest BCUT2D eigenvalue weighted by Gasteiger charge is -2.36. The van der Waals surface area contributed by atoms with Gasteiger partial charge in [0, 0.05) is 57.1 Å². The van der Waals surface area contributed by atoms with Gasteiger partial charge in [-0.15, -0.1) is 0 Å². The third-order valence-electron chi connectivity index (χ3n) is 5.95. The van der Waals surface area contributed by atoms with Gasteiger partial charge in [0.05, 0.1) is 4.90 Å². The lowest BCUT2D eigenvalue weighted by molar-refractivity contribution is -0.131. The summed E-state index contributed by atoms with van der Waals surface area (Å²) in [5.41, 5.74) is 1.99. The molecular weight excluding hydrogens is 417 g/mol. The van der Waals surface area contributed by atoms with Crippen LogP contribution in [0.25, 0.3) is 0 Å². The molecule has 0 N–H and O–H groups in total. The second kappa shape index (κ2) is 9.78. The number of carbonyl (C=O) groups is 1. The topological polar surface area (TPSA) is 60.9 Å². The van der Waals surface area contributed by atoms with Crippen LogP contribution < -0.4 is 4.90 Å². The molecule has 31 heavy (non-hydrogen) atoms. The van der Waals surface area contributed by atoms with Crippen LogP contribution in [0.4, 0.5) is 10.1 Å². The van der Waals surface area contributed by atoms with Crippen molar-refractivity contribution in [3.05, 3.63) is 59.9 Å². The Balaban J connectivity index is 1.47. The molecule has 168 valence electrons. The summed E-state index contributed by atoms with van der Waals surface area (Å²) in [5, 5.41) is 0. The van der Waals surface area contributed by atoms with Gasteiger partial charge in [-0.05, 0) is 55.9 Å². The monoisotopic (exact) mass is 447 g/mol. The average molecular weight is 448 g/mol. The van der Waals surface area contributed by atoms with Gasteiger partial charge in [0.2, 0.25) is 5.91 Å². The zero-order chi connectivity index (χ0) is 22.6. The quantitative estimate of drug-likeness (QED) is 0.653. The summed E-state index contributed by atoms with van der Waals surface area (Å²) in [6.07, 6.45) is 1.63. The first-order chi connectivity index (χ1) is 14.6. The van der Waals surface area contributed by atoms with Gasteiger partial charge >= 0.3 is 0 Å². The second-order valence-electron chi connectivity index (χ2n) is 8.09. The minimum atomic E-state index is -3.21. The van der Waals surface area contributed by atoms with Crippen molar-refractivity contribution in [1.82, 2.24) is 9.80 Å². The zero-order valence-electron chi connectivity index (χ0n) is 18.3. The molecule has 0 radical (unpaired) electrons. The summed E-state index contributed by atoms with van der Waals surface area (Å²) in [5.74, 6) is -0.118. The Morgan fingerprint density at radius 3 is 2.16 bits per heavy atom. The highest BCUT2D eigenvalue weighted by atomic mass is 32.2. The number of piperazine rings is 1. The van der Waals surface area contributed by atoms with E-state index in [1.54, 1.807) is 24.3 Å². The number of carbonyl (C=O) groups excluding carboxylic acids is 1. The highest BCUT2D eigenvalue weighted by Crippen LogP contribution is 2.21. The van der Waals surface area contributed by atoms with Crippen LogP contribution in [0, 0.1) is 5.82 Å². The van der Waals surface area contributed by atoms with E-state index < -0.39 is 9.84 Å². The number of hydrogen-bond donors (Lipinski definition) is 0. The van der Waals surface area contributed by atoms with Gasteiger partial charge in [0.25, 0.3) is 0 Å². The van der Waals surface area contributed by atoms with Gasteiger partial charge in [0.15, 0.2) is 9.84 Å². The number of sulfone groups is 1. The Labute approximate surface area is 184 Å². The number of halogens is 1. The minimum Gasteiger partial charge on any atom is -0.368 e. The van der Waals surface area contributed by atoms with Gasteiger partial charge in [-0.3, -0.25) is 9.69 Å². The molecule has 2 aromatic rings. The van der Waals surface area contributed by atoms with Gasteiger partial charge < -0.3 is 9.80 Å². The van der Waals surface area contributed by atoms with Crippen molar-refractivity contribution >= 4 is 21.4 Å². The second-order valence-corrected chi connectivity index (χ2v) is 10.1. The number of rotatable bonds is 7. The summed E-state index contributed by atoms with van der Waals surface area (Å²) in [6.45, 7) is 5.44. The molecule has 1 atom stereocenters. The molecule has 1 unspecified atom stereocenters.